The van der Waals surface area contributed by atoms with Crippen LogP contribution in [0.1, 0.15) is 48.0 Å². The molecule has 0 aliphatic carbocycles. The third-order valence-electron chi connectivity index (χ3n) is 4.46. The zero-order valence-corrected chi connectivity index (χ0v) is 14.8. The third kappa shape index (κ3) is 3.06. The van der Waals surface area contributed by atoms with Crippen molar-refractivity contribution >= 4 is 16.8 Å². The quantitative estimate of drug-likeness (QED) is 0.721. The number of aromatic nitrogens is 3. The lowest BCUT2D eigenvalue weighted by Gasteiger charge is -2.31. The molecule has 3 aromatic rings. The number of pyridine rings is 1. The van der Waals surface area contributed by atoms with Gasteiger partial charge in [-0.05, 0) is 18.2 Å². The van der Waals surface area contributed by atoms with Gasteiger partial charge in [0.1, 0.15) is 0 Å². The first kappa shape index (κ1) is 16.7. The number of morpholine rings is 1. The van der Waals surface area contributed by atoms with Gasteiger partial charge >= 0.3 is 0 Å². The largest absolute Gasteiger partial charge is 0.422 e. The number of benzene rings is 1. The molecular formula is C19H20N4O3. The Balaban J connectivity index is 1.58. The number of carbonyl (C=O) groups is 1. The Morgan fingerprint density at radius 2 is 2.12 bits per heavy atom. The number of nitrogens with zero attached hydrogens (tertiary/aromatic N) is 4. The molecule has 1 aliphatic heterocycles. The van der Waals surface area contributed by atoms with Crippen molar-refractivity contribution in [2.75, 3.05) is 19.7 Å². The van der Waals surface area contributed by atoms with Gasteiger partial charge in [0.2, 0.25) is 11.8 Å². The molecule has 2 aromatic heterocycles. The molecular weight excluding hydrogens is 332 g/mol. The van der Waals surface area contributed by atoms with Crippen molar-refractivity contribution in [1.29, 1.82) is 0 Å². The van der Waals surface area contributed by atoms with Gasteiger partial charge in [0.25, 0.3) is 5.91 Å². The van der Waals surface area contributed by atoms with Gasteiger partial charge in [-0.1, -0.05) is 26.0 Å². The first-order valence-corrected chi connectivity index (χ1v) is 8.71. The molecule has 3 heterocycles. The van der Waals surface area contributed by atoms with E-state index in [0.717, 1.165) is 10.9 Å². The Morgan fingerprint density at radius 3 is 2.92 bits per heavy atom. The van der Waals surface area contributed by atoms with Crippen molar-refractivity contribution in [2.24, 2.45) is 0 Å². The van der Waals surface area contributed by atoms with Gasteiger partial charge in [0.15, 0.2) is 6.10 Å². The van der Waals surface area contributed by atoms with Crippen LogP contribution in [0.3, 0.4) is 0 Å². The van der Waals surface area contributed by atoms with Crippen LogP contribution >= 0.6 is 0 Å². The lowest BCUT2D eigenvalue weighted by Crippen LogP contribution is -2.42. The normalized spacial score (nSPS) is 17.8. The summed E-state index contributed by atoms with van der Waals surface area (Å²) in [5, 5.41) is 8.99. The Hall–Kier alpha value is -2.80. The maximum Gasteiger partial charge on any atom is 0.254 e. The number of fused-ring (bicyclic) bond motifs is 1. The van der Waals surface area contributed by atoms with E-state index in [2.05, 4.69) is 15.2 Å². The van der Waals surface area contributed by atoms with Crippen LogP contribution in [0.4, 0.5) is 0 Å². The van der Waals surface area contributed by atoms with E-state index in [1.165, 1.54) is 0 Å². The predicted octanol–water partition coefficient (Wildman–Crippen LogP) is 2.95. The highest BCUT2D eigenvalue weighted by atomic mass is 16.5. The number of ether oxygens (including phenoxy) is 1. The summed E-state index contributed by atoms with van der Waals surface area (Å²) in [6.07, 6.45) is 1.32. The summed E-state index contributed by atoms with van der Waals surface area (Å²) < 4.78 is 11.5. The molecule has 1 saturated heterocycles. The van der Waals surface area contributed by atoms with Crippen LogP contribution in [-0.4, -0.2) is 45.7 Å². The molecule has 7 heteroatoms. The topological polar surface area (TPSA) is 81.4 Å². The smallest absolute Gasteiger partial charge is 0.254 e. The first-order chi connectivity index (χ1) is 12.6. The van der Waals surface area contributed by atoms with Crippen molar-refractivity contribution in [3.05, 3.63) is 53.9 Å². The van der Waals surface area contributed by atoms with Gasteiger partial charge in [-0.15, -0.1) is 10.2 Å². The summed E-state index contributed by atoms with van der Waals surface area (Å²) in [5.41, 5.74) is 1.45. The summed E-state index contributed by atoms with van der Waals surface area (Å²) in [5.74, 6) is 1.11. The second kappa shape index (κ2) is 6.84. The molecule has 0 bridgehead atoms. The number of rotatable bonds is 3. The number of carbonyl (C=O) groups excluding carboxylic acids is 1. The van der Waals surface area contributed by atoms with Crippen LogP contribution < -0.4 is 0 Å². The highest BCUT2D eigenvalue weighted by Crippen LogP contribution is 2.25. The van der Waals surface area contributed by atoms with Gasteiger partial charge in [-0.2, -0.15) is 0 Å². The minimum Gasteiger partial charge on any atom is -0.422 e. The molecule has 0 saturated carbocycles. The maximum atomic E-state index is 13.1. The van der Waals surface area contributed by atoms with Crippen LogP contribution in [0.2, 0.25) is 0 Å². The number of amides is 1. The van der Waals surface area contributed by atoms with Gasteiger partial charge in [0.05, 0.1) is 18.7 Å². The van der Waals surface area contributed by atoms with E-state index >= 15 is 0 Å². The SMILES string of the molecule is CC(C)c1nnc([C@H]2CN(C(=O)c3cccc4ncccc34)CCO2)o1. The standard InChI is InChI=1S/C19H20N4O3/c1-12(2)17-21-22-18(26-17)16-11-23(9-10-25-16)19(24)14-5-3-7-15-13(14)6-4-8-20-15/h3-8,12,16H,9-11H2,1-2H3/t16-/m1/s1. The fourth-order valence-electron chi connectivity index (χ4n) is 3.05. The summed E-state index contributed by atoms with van der Waals surface area (Å²) in [4.78, 5) is 19.2. The Labute approximate surface area is 151 Å². The molecule has 134 valence electrons. The Bertz CT molecular complexity index is 932. The van der Waals surface area contributed by atoms with E-state index in [-0.39, 0.29) is 11.8 Å². The zero-order valence-electron chi connectivity index (χ0n) is 14.8. The molecule has 1 amide bonds. The molecule has 7 nitrogen and oxygen atoms in total. The van der Waals surface area contributed by atoms with Crippen molar-refractivity contribution in [1.82, 2.24) is 20.1 Å². The van der Waals surface area contributed by atoms with E-state index in [1.54, 1.807) is 11.1 Å². The fourth-order valence-corrected chi connectivity index (χ4v) is 3.05. The van der Waals surface area contributed by atoms with Gasteiger partial charge < -0.3 is 14.1 Å². The monoisotopic (exact) mass is 352 g/mol. The summed E-state index contributed by atoms with van der Waals surface area (Å²) in [6, 6.07) is 9.35. The Kier molecular flexibility index (Phi) is 4.38. The minimum atomic E-state index is -0.402. The molecule has 26 heavy (non-hydrogen) atoms. The molecule has 4 rings (SSSR count). The molecule has 0 N–H and O–H groups in total. The molecule has 0 unspecified atom stereocenters. The molecule has 1 atom stereocenters. The van der Waals surface area contributed by atoms with Crippen molar-refractivity contribution < 1.29 is 13.9 Å². The highest BCUT2D eigenvalue weighted by molar-refractivity contribution is 6.06. The van der Waals surface area contributed by atoms with E-state index in [0.29, 0.717) is 37.0 Å². The Morgan fingerprint density at radius 1 is 1.23 bits per heavy atom. The van der Waals surface area contributed by atoms with Crippen molar-refractivity contribution in [3.8, 4) is 0 Å². The minimum absolute atomic E-state index is 0.0412. The maximum absolute atomic E-state index is 13.1. The molecule has 1 fully saturated rings. The van der Waals surface area contributed by atoms with E-state index in [1.807, 2.05) is 44.2 Å². The highest BCUT2D eigenvalue weighted by Gasteiger charge is 2.30. The van der Waals surface area contributed by atoms with Gasteiger partial charge in [-0.25, -0.2) is 0 Å². The summed E-state index contributed by atoms with van der Waals surface area (Å²) >= 11 is 0. The van der Waals surface area contributed by atoms with Gasteiger partial charge in [0, 0.05) is 29.6 Å². The third-order valence-corrected chi connectivity index (χ3v) is 4.46. The average molecular weight is 352 g/mol. The van der Waals surface area contributed by atoms with E-state index in [4.69, 9.17) is 9.15 Å². The first-order valence-electron chi connectivity index (χ1n) is 8.71. The second-order valence-corrected chi connectivity index (χ2v) is 6.62. The summed E-state index contributed by atoms with van der Waals surface area (Å²) in [6.45, 7) is 5.32. The van der Waals surface area contributed by atoms with E-state index < -0.39 is 6.10 Å². The van der Waals surface area contributed by atoms with Crippen LogP contribution in [0.25, 0.3) is 10.9 Å². The van der Waals surface area contributed by atoms with Crippen LogP contribution in [0.5, 0.6) is 0 Å². The average Bonchev–Trinajstić information content (AvgIpc) is 3.18. The molecule has 1 aliphatic rings. The van der Waals surface area contributed by atoms with Crippen LogP contribution in [-0.2, 0) is 4.74 Å². The molecule has 0 radical (unpaired) electrons. The van der Waals surface area contributed by atoms with Crippen molar-refractivity contribution in [3.63, 3.8) is 0 Å². The summed E-state index contributed by atoms with van der Waals surface area (Å²) in [7, 11) is 0. The van der Waals surface area contributed by atoms with E-state index in [9.17, 15) is 4.79 Å². The second-order valence-electron chi connectivity index (χ2n) is 6.62. The molecule has 0 spiro atoms. The lowest BCUT2D eigenvalue weighted by atomic mass is 10.1. The van der Waals surface area contributed by atoms with Crippen molar-refractivity contribution in [2.45, 2.75) is 25.9 Å². The zero-order chi connectivity index (χ0) is 18.1. The predicted molar refractivity (Wildman–Crippen MR) is 94.7 cm³/mol. The lowest BCUT2D eigenvalue weighted by molar-refractivity contribution is -0.0350. The number of hydrogen-bond donors (Lipinski definition) is 0. The molecule has 1 aromatic carbocycles. The van der Waals surface area contributed by atoms with Crippen LogP contribution in [0, 0.1) is 0 Å². The number of hydrogen-bond acceptors (Lipinski definition) is 6. The fraction of sp³-hybridized carbons (Fsp3) is 0.368. The van der Waals surface area contributed by atoms with Gasteiger partial charge in [-0.3, -0.25) is 9.78 Å². The van der Waals surface area contributed by atoms with Crippen LogP contribution in [0.15, 0.2) is 40.9 Å².